The van der Waals surface area contributed by atoms with E-state index in [2.05, 4.69) is 99.9 Å². The number of aromatic amines is 1. The third kappa shape index (κ3) is 3.90. The molecule has 4 atom stereocenters. The van der Waals surface area contributed by atoms with E-state index in [1.165, 1.54) is 17.8 Å². The van der Waals surface area contributed by atoms with Crippen molar-refractivity contribution in [2.45, 2.75) is 96.4 Å². The number of benzene rings is 3. The molecular weight excluding hydrogens is 580 g/mol. The van der Waals surface area contributed by atoms with Crippen molar-refractivity contribution >= 4 is 0 Å². The molecular formula is C41H46N4O2. The van der Waals surface area contributed by atoms with Crippen molar-refractivity contribution in [1.82, 2.24) is 19.1 Å². The molecule has 2 saturated carbocycles. The number of nitrogens with one attached hydrogen (secondary N) is 1. The molecule has 0 amide bonds. The molecule has 2 aromatic heterocycles. The summed E-state index contributed by atoms with van der Waals surface area (Å²) in [4.78, 5) is 26.1. The van der Waals surface area contributed by atoms with Crippen LogP contribution in [0.1, 0.15) is 107 Å². The number of fused-ring (bicyclic) bond motifs is 10. The second kappa shape index (κ2) is 10.1. The molecule has 0 unspecified atom stereocenters. The Labute approximate surface area is 277 Å². The first-order valence-corrected chi connectivity index (χ1v) is 17.3. The summed E-state index contributed by atoms with van der Waals surface area (Å²) in [6, 6.07) is 30.8. The lowest BCUT2D eigenvalue weighted by molar-refractivity contribution is 0.218. The first kappa shape index (κ1) is 30.0. The zero-order valence-corrected chi connectivity index (χ0v) is 28.5. The smallest absolute Gasteiger partial charge is 0.268 e. The highest BCUT2D eigenvalue weighted by Crippen LogP contribution is 2.68. The normalized spacial score (nSPS) is 26.9. The van der Waals surface area contributed by atoms with E-state index in [0.717, 1.165) is 47.3 Å². The lowest BCUT2D eigenvalue weighted by Gasteiger charge is -2.36. The summed E-state index contributed by atoms with van der Waals surface area (Å²) in [7, 11) is 0. The van der Waals surface area contributed by atoms with E-state index in [4.69, 9.17) is 0 Å². The maximum absolute atomic E-state index is 13.6. The molecule has 0 radical (unpaired) electrons. The van der Waals surface area contributed by atoms with E-state index >= 15 is 0 Å². The average Bonchev–Trinajstić information content (AvgIpc) is 3.79. The van der Waals surface area contributed by atoms with Crippen molar-refractivity contribution < 1.29 is 0 Å². The highest BCUT2D eigenvalue weighted by atomic mass is 16.1. The molecule has 6 heteroatoms. The van der Waals surface area contributed by atoms with Crippen LogP contribution < -0.4 is 11.1 Å². The van der Waals surface area contributed by atoms with E-state index in [-0.39, 0.29) is 32.8 Å². The van der Waals surface area contributed by atoms with Crippen LogP contribution in [0.4, 0.5) is 0 Å². The van der Waals surface area contributed by atoms with Gasteiger partial charge in [-0.15, -0.1) is 0 Å². The fourth-order valence-electron chi connectivity index (χ4n) is 10.1. The minimum absolute atomic E-state index is 0.0317. The first-order chi connectivity index (χ1) is 22.4. The zero-order chi connectivity index (χ0) is 32.9. The Balaban J connectivity index is 0.000000144. The van der Waals surface area contributed by atoms with Crippen molar-refractivity contribution in [3.05, 3.63) is 140 Å². The van der Waals surface area contributed by atoms with Crippen molar-refractivity contribution in [3.63, 3.8) is 0 Å². The van der Waals surface area contributed by atoms with Gasteiger partial charge in [-0.1, -0.05) is 108 Å². The predicted octanol–water partition coefficient (Wildman–Crippen LogP) is 8.20. The summed E-state index contributed by atoms with van der Waals surface area (Å²) >= 11 is 0. The Kier molecular flexibility index (Phi) is 6.45. The van der Waals surface area contributed by atoms with Crippen LogP contribution in [-0.4, -0.2) is 19.1 Å². The number of aromatic nitrogens is 4. The fourth-order valence-corrected chi connectivity index (χ4v) is 10.1. The van der Waals surface area contributed by atoms with Gasteiger partial charge in [-0.05, 0) is 78.2 Å². The van der Waals surface area contributed by atoms with Crippen LogP contribution in [0.15, 0.2) is 101 Å². The molecule has 4 aliphatic rings. The van der Waals surface area contributed by atoms with E-state index in [0.29, 0.717) is 18.4 Å². The molecule has 0 saturated heterocycles. The SMILES string of the molecule is CC1(C)[C@@H]2CC[C@@]1(C)c1c2c(=O)[nH]n1-c1ccccc1.CC1(C)[C@@H]2CC[C@@]1(C)c1c2c(=O)n(Cc2ccccc2)n1-c1ccccc1. The summed E-state index contributed by atoms with van der Waals surface area (Å²) in [6.07, 6.45) is 4.58. The number of rotatable bonds is 4. The standard InChI is InChI=1S/C24H26N2O.C17H20N2O/c1-23(2)19-14-15-24(23,3)21-20(19)22(27)25(16-17-10-6-4-7-11-17)26(21)18-12-8-5-9-13-18;1-16(2)12-9-10-17(16,3)14-13(12)15(20)18-19(14)11-7-5-4-6-8-11/h4-13,19H,14-16H2,1-3H3;4-8,12H,9-10H2,1-3H3,(H,18,20)/t19-,24+;12-,17+/m11/s1. The second-order valence-electron chi connectivity index (χ2n) is 15.9. The van der Waals surface area contributed by atoms with Gasteiger partial charge in [0.2, 0.25) is 0 Å². The van der Waals surface area contributed by atoms with Gasteiger partial charge in [-0.2, -0.15) is 0 Å². The Morgan fingerprint density at radius 3 is 1.70 bits per heavy atom. The van der Waals surface area contributed by atoms with E-state index in [1.807, 2.05) is 51.8 Å². The van der Waals surface area contributed by atoms with Gasteiger partial charge < -0.3 is 0 Å². The largest absolute Gasteiger partial charge is 0.271 e. The van der Waals surface area contributed by atoms with Crippen molar-refractivity contribution in [2.24, 2.45) is 10.8 Å². The first-order valence-electron chi connectivity index (χ1n) is 17.3. The van der Waals surface area contributed by atoms with Crippen LogP contribution in [0, 0.1) is 10.8 Å². The molecule has 4 bridgehead atoms. The topological polar surface area (TPSA) is 64.7 Å². The Morgan fingerprint density at radius 2 is 1.13 bits per heavy atom. The maximum Gasteiger partial charge on any atom is 0.271 e. The van der Waals surface area contributed by atoms with Crippen LogP contribution in [0.25, 0.3) is 11.4 Å². The molecule has 9 rings (SSSR count). The molecule has 5 aromatic rings. The quantitative estimate of drug-likeness (QED) is 0.219. The Bertz CT molecular complexity index is 2100. The van der Waals surface area contributed by atoms with Gasteiger partial charge >= 0.3 is 0 Å². The van der Waals surface area contributed by atoms with Gasteiger partial charge in [0.25, 0.3) is 11.1 Å². The maximum atomic E-state index is 13.6. The van der Waals surface area contributed by atoms with Crippen molar-refractivity contribution in [2.75, 3.05) is 0 Å². The number of hydrogen-bond donors (Lipinski definition) is 1. The van der Waals surface area contributed by atoms with Crippen LogP contribution >= 0.6 is 0 Å². The third-order valence-corrected chi connectivity index (χ3v) is 13.5. The lowest BCUT2D eigenvalue weighted by Crippen LogP contribution is -2.36. The molecule has 1 N–H and O–H groups in total. The molecule has 3 aromatic carbocycles. The lowest BCUT2D eigenvalue weighted by atomic mass is 9.70. The molecule has 2 fully saturated rings. The summed E-state index contributed by atoms with van der Waals surface area (Å²) in [5.41, 5.74) is 8.56. The van der Waals surface area contributed by atoms with Gasteiger partial charge in [0.05, 0.1) is 29.3 Å². The average molecular weight is 627 g/mol. The van der Waals surface area contributed by atoms with Crippen LogP contribution in [0.3, 0.4) is 0 Å². The second-order valence-corrected chi connectivity index (χ2v) is 15.9. The van der Waals surface area contributed by atoms with E-state index in [9.17, 15) is 9.59 Å². The fraction of sp³-hybridized carbons (Fsp3) is 0.415. The Morgan fingerprint density at radius 1 is 0.638 bits per heavy atom. The molecule has 47 heavy (non-hydrogen) atoms. The monoisotopic (exact) mass is 626 g/mol. The number of hydrogen-bond acceptors (Lipinski definition) is 2. The number of H-pyrrole nitrogens is 1. The highest BCUT2D eigenvalue weighted by molar-refractivity contribution is 5.50. The molecule has 4 aliphatic carbocycles. The van der Waals surface area contributed by atoms with Crippen LogP contribution in [-0.2, 0) is 17.4 Å². The van der Waals surface area contributed by atoms with Gasteiger partial charge in [-0.25, -0.2) is 4.68 Å². The van der Waals surface area contributed by atoms with E-state index < -0.39 is 0 Å². The molecule has 0 spiro atoms. The number of nitrogens with zero attached hydrogens (tertiary/aromatic N) is 3. The minimum Gasteiger partial charge on any atom is -0.268 e. The highest BCUT2D eigenvalue weighted by Gasteiger charge is 2.64. The van der Waals surface area contributed by atoms with Crippen molar-refractivity contribution in [3.8, 4) is 11.4 Å². The summed E-state index contributed by atoms with van der Waals surface area (Å²) in [6.45, 7) is 14.6. The van der Waals surface area contributed by atoms with E-state index in [1.54, 1.807) is 0 Å². The predicted molar refractivity (Wildman–Crippen MR) is 188 cm³/mol. The third-order valence-electron chi connectivity index (χ3n) is 13.5. The van der Waals surface area contributed by atoms with Crippen molar-refractivity contribution in [1.29, 1.82) is 0 Å². The Hall–Kier alpha value is -4.32. The summed E-state index contributed by atoms with van der Waals surface area (Å²) in [5.74, 6) is 0.758. The van der Waals surface area contributed by atoms with Gasteiger partial charge in [-0.3, -0.25) is 24.1 Å². The molecule has 2 heterocycles. The summed E-state index contributed by atoms with van der Waals surface area (Å²) < 4.78 is 6.21. The van der Waals surface area contributed by atoms with Gasteiger partial charge in [0.15, 0.2) is 0 Å². The minimum atomic E-state index is 0.0317. The number of para-hydroxylation sites is 2. The zero-order valence-electron chi connectivity index (χ0n) is 28.5. The molecule has 242 valence electrons. The van der Waals surface area contributed by atoms with Crippen LogP contribution in [0.2, 0.25) is 0 Å². The van der Waals surface area contributed by atoms with Gasteiger partial charge in [0.1, 0.15) is 0 Å². The van der Waals surface area contributed by atoms with Gasteiger partial charge in [0, 0.05) is 22.0 Å². The molecule has 0 aliphatic heterocycles. The molecule has 6 nitrogen and oxygen atoms in total. The summed E-state index contributed by atoms with van der Waals surface area (Å²) in [5, 5.41) is 3.06. The van der Waals surface area contributed by atoms with Crippen LogP contribution in [0.5, 0.6) is 0 Å².